The number of benzene rings is 2. The van der Waals surface area contributed by atoms with Crippen LogP contribution in [-0.4, -0.2) is 17.5 Å². The standard InChI is InChI=1S/C18H17ClIN3O2/c1-11(22-23-18(25)13-5-3-6-14(20)10-13)9-17(24)21-16-8-4-7-15(19)12(16)2/h3-8,10H,9H2,1-2H3,(H,21,24)(H,23,25)/b22-11+. The van der Waals surface area contributed by atoms with Crippen molar-refractivity contribution in [2.75, 3.05) is 5.32 Å². The minimum Gasteiger partial charge on any atom is -0.325 e. The van der Waals surface area contributed by atoms with E-state index in [2.05, 4.69) is 38.4 Å². The summed E-state index contributed by atoms with van der Waals surface area (Å²) in [7, 11) is 0. The third-order valence-corrected chi connectivity index (χ3v) is 4.47. The van der Waals surface area contributed by atoms with Crippen LogP contribution in [0.1, 0.15) is 29.3 Å². The van der Waals surface area contributed by atoms with Gasteiger partial charge < -0.3 is 5.32 Å². The average Bonchev–Trinajstić information content (AvgIpc) is 2.56. The molecule has 2 rings (SSSR count). The van der Waals surface area contributed by atoms with Gasteiger partial charge in [0.15, 0.2) is 0 Å². The van der Waals surface area contributed by atoms with Crippen LogP contribution >= 0.6 is 34.2 Å². The third-order valence-electron chi connectivity index (χ3n) is 3.39. The quantitative estimate of drug-likeness (QED) is 0.387. The second-order valence-electron chi connectivity index (χ2n) is 5.44. The van der Waals surface area contributed by atoms with E-state index < -0.39 is 0 Å². The number of amides is 2. The van der Waals surface area contributed by atoms with Gasteiger partial charge >= 0.3 is 0 Å². The molecule has 5 nitrogen and oxygen atoms in total. The van der Waals surface area contributed by atoms with E-state index >= 15 is 0 Å². The molecule has 0 aliphatic rings. The number of carbonyl (C=O) groups is 2. The molecule has 2 N–H and O–H groups in total. The molecule has 2 aromatic carbocycles. The average molecular weight is 470 g/mol. The summed E-state index contributed by atoms with van der Waals surface area (Å²) in [5.41, 5.74) is 4.94. The van der Waals surface area contributed by atoms with Crippen LogP contribution < -0.4 is 10.7 Å². The van der Waals surface area contributed by atoms with Gasteiger partial charge in [0.25, 0.3) is 5.91 Å². The fourth-order valence-corrected chi connectivity index (χ4v) is 2.77. The van der Waals surface area contributed by atoms with Gasteiger partial charge in [0, 0.05) is 25.6 Å². The van der Waals surface area contributed by atoms with E-state index in [1.807, 2.05) is 13.0 Å². The summed E-state index contributed by atoms with van der Waals surface area (Å²) in [6.45, 7) is 3.51. The van der Waals surface area contributed by atoms with Crippen molar-refractivity contribution < 1.29 is 9.59 Å². The number of nitrogens with one attached hydrogen (secondary N) is 2. The highest BCUT2D eigenvalue weighted by Crippen LogP contribution is 2.22. The van der Waals surface area contributed by atoms with E-state index in [4.69, 9.17) is 11.6 Å². The van der Waals surface area contributed by atoms with Crippen LogP contribution in [0.2, 0.25) is 5.02 Å². The van der Waals surface area contributed by atoms with Crippen LogP contribution in [0.15, 0.2) is 47.6 Å². The number of carbonyl (C=O) groups excluding carboxylic acids is 2. The van der Waals surface area contributed by atoms with Gasteiger partial charge in [-0.1, -0.05) is 23.7 Å². The SMILES string of the molecule is C/C(CC(=O)Nc1cccc(Cl)c1C)=N\NC(=O)c1cccc(I)c1. The van der Waals surface area contributed by atoms with Crippen molar-refractivity contribution in [1.82, 2.24) is 5.43 Å². The molecule has 0 aliphatic heterocycles. The van der Waals surface area contributed by atoms with Crippen molar-refractivity contribution >= 4 is 57.4 Å². The van der Waals surface area contributed by atoms with E-state index in [0.717, 1.165) is 9.13 Å². The molecule has 0 aliphatic carbocycles. The van der Waals surface area contributed by atoms with Gasteiger partial charge in [-0.15, -0.1) is 0 Å². The van der Waals surface area contributed by atoms with Crippen molar-refractivity contribution in [3.8, 4) is 0 Å². The molecule has 0 aromatic heterocycles. The Balaban J connectivity index is 1.93. The van der Waals surface area contributed by atoms with Gasteiger partial charge in [-0.2, -0.15) is 5.10 Å². The summed E-state index contributed by atoms with van der Waals surface area (Å²) in [5, 5.41) is 7.36. The fraction of sp³-hybridized carbons (Fsp3) is 0.167. The Hall–Kier alpha value is -1.93. The molecule has 0 unspecified atom stereocenters. The number of nitrogens with zero attached hydrogens (tertiary/aromatic N) is 1. The number of hydrogen-bond donors (Lipinski definition) is 2. The van der Waals surface area contributed by atoms with Gasteiger partial charge in [-0.05, 0) is 72.3 Å². The molecule has 7 heteroatoms. The maximum atomic E-state index is 12.1. The predicted octanol–water partition coefficient (Wildman–Crippen LogP) is 4.39. The first-order chi connectivity index (χ1) is 11.9. The summed E-state index contributed by atoms with van der Waals surface area (Å²) in [6.07, 6.45) is 0.0680. The third kappa shape index (κ3) is 5.82. The first-order valence-corrected chi connectivity index (χ1v) is 8.96. The summed E-state index contributed by atoms with van der Waals surface area (Å²) >= 11 is 8.17. The monoisotopic (exact) mass is 469 g/mol. The molecule has 0 saturated carbocycles. The topological polar surface area (TPSA) is 70.6 Å². The van der Waals surface area contributed by atoms with Crippen molar-refractivity contribution in [1.29, 1.82) is 0 Å². The molecule has 2 aromatic rings. The van der Waals surface area contributed by atoms with Gasteiger partial charge in [0.05, 0.1) is 6.42 Å². The zero-order valence-electron chi connectivity index (χ0n) is 13.8. The maximum absolute atomic E-state index is 12.1. The number of hydrazone groups is 1. The van der Waals surface area contributed by atoms with Gasteiger partial charge in [-0.3, -0.25) is 9.59 Å². The lowest BCUT2D eigenvalue weighted by Gasteiger charge is -2.09. The minimum absolute atomic E-state index is 0.0680. The van der Waals surface area contributed by atoms with Crippen LogP contribution in [0, 0.1) is 10.5 Å². The van der Waals surface area contributed by atoms with Crippen molar-refractivity contribution in [2.45, 2.75) is 20.3 Å². The lowest BCUT2D eigenvalue weighted by atomic mass is 10.2. The number of halogens is 2. The van der Waals surface area contributed by atoms with Gasteiger partial charge in [0.1, 0.15) is 0 Å². The zero-order valence-corrected chi connectivity index (χ0v) is 16.7. The Morgan fingerprint density at radius 1 is 1.20 bits per heavy atom. The lowest BCUT2D eigenvalue weighted by Crippen LogP contribution is -2.21. The van der Waals surface area contributed by atoms with E-state index in [9.17, 15) is 9.59 Å². The highest BCUT2D eigenvalue weighted by atomic mass is 127. The van der Waals surface area contributed by atoms with Crippen LogP contribution in [0.5, 0.6) is 0 Å². The minimum atomic E-state index is -0.316. The number of rotatable bonds is 5. The molecule has 130 valence electrons. The maximum Gasteiger partial charge on any atom is 0.271 e. The highest BCUT2D eigenvalue weighted by molar-refractivity contribution is 14.1. The molecule has 0 radical (unpaired) electrons. The summed E-state index contributed by atoms with van der Waals surface area (Å²) in [4.78, 5) is 24.1. The van der Waals surface area contributed by atoms with Crippen molar-refractivity contribution in [3.63, 3.8) is 0 Å². The molecule has 0 bridgehead atoms. The Bertz CT molecular complexity index is 837. The second-order valence-corrected chi connectivity index (χ2v) is 7.09. The van der Waals surface area contributed by atoms with Gasteiger partial charge in [-0.25, -0.2) is 5.43 Å². The van der Waals surface area contributed by atoms with E-state index in [-0.39, 0.29) is 18.2 Å². The lowest BCUT2D eigenvalue weighted by molar-refractivity contribution is -0.115. The Morgan fingerprint density at radius 2 is 1.92 bits per heavy atom. The number of anilines is 1. The first kappa shape index (κ1) is 19.4. The largest absolute Gasteiger partial charge is 0.325 e. The van der Waals surface area contributed by atoms with E-state index in [0.29, 0.717) is 22.0 Å². The Labute approximate surface area is 165 Å². The van der Waals surface area contributed by atoms with Crippen molar-refractivity contribution in [2.24, 2.45) is 5.10 Å². The molecular weight excluding hydrogens is 453 g/mol. The summed E-state index contributed by atoms with van der Waals surface area (Å²) in [5.74, 6) is -0.543. The smallest absolute Gasteiger partial charge is 0.271 e. The predicted molar refractivity (Wildman–Crippen MR) is 109 cm³/mol. The molecule has 0 atom stereocenters. The van der Waals surface area contributed by atoms with Crippen LogP contribution in [-0.2, 0) is 4.79 Å². The molecular formula is C18H17ClIN3O2. The fourth-order valence-electron chi connectivity index (χ4n) is 2.05. The first-order valence-electron chi connectivity index (χ1n) is 7.51. The molecule has 0 saturated heterocycles. The van der Waals surface area contributed by atoms with E-state index in [1.165, 1.54) is 0 Å². The van der Waals surface area contributed by atoms with Crippen LogP contribution in [0.4, 0.5) is 5.69 Å². The number of hydrogen-bond acceptors (Lipinski definition) is 3. The Kier molecular flexibility index (Phi) is 6.95. The zero-order chi connectivity index (χ0) is 18.4. The molecule has 25 heavy (non-hydrogen) atoms. The molecule has 0 heterocycles. The second kappa shape index (κ2) is 8.96. The summed E-state index contributed by atoms with van der Waals surface area (Å²) < 4.78 is 0.960. The molecule has 0 spiro atoms. The summed E-state index contributed by atoms with van der Waals surface area (Å²) in [6, 6.07) is 12.5. The van der Waals surface area contributed by atoms with Crippen LogP contribution in [0.25, 0.3) is 0 Å². The normalized spacial score (nSPS) is 11.1. The van der Waals surface area contributed by atoms with Gasteiger partial charge in [0.2, 0.25) is 5.91 Å². The van der Waals surface area contributed by atoms with Crippen molar-refractivity contribution in [3.05, 3.63) is 62.2 Å². The molecule has 0 fully saturated rings. The highest BCUT2D eigenvalue weighted by Gasteiger charge is 2.09. The molecule has 2 amide bonds. The van der Waals surface area contributed by atoms with E-state index in [1.54, 1.807) is 43.3 Å². The van der Waals surface area contributed by atoms with Crippen LogP contribution in [0.3, 0.4) is 0 Å². The Morgan fingerprint density at radius 3 is 2.64 bits per heavy atom.